The summed E-state index contributed by atoms with van der Waals surface area (Å²) in [6.07, 6.45) is 8.68. The lowest BCUT2D eigenvalue weighted by Gasteiger charge is -2.09. The number of benzene rings is 2. The first-order valence-corrected chi connectivity index (χ1v) is 19.9. The van der Waals surface area contributed by atoms with Crippen LogP contribution in [0.3, 0.4) is 0 Å². The van der Waals surface area contributed by atoms with Crippen LogP contribution in [0.15, 0.2) is 109 Å². The Balaban J connectivity index is 1.04. The van der Waals surface area contributed by atoms with E-state index in [9.17, 15) is 0 Å². The second-order valence-electron chi connectivity index (χ2n) is 16.1. The van der Waals surface area contributed by atoms with Gasteiger partial charge < -0.3 is 15.0 Å². The summed E-state index contributed by atoms with van der Waals surface area (Å²) in [4.78, 5) is 25.5. The molecule has 6 heteroatoms. The molecule has 0 bridgehead atoms. The summed E-state index contributed by atoms with van der Waals surface area (Å²) in [5.74, 6) is 0. The molecule has 57 heavy (non-hydrogen) atoms. The molecule has 0 saturated heterocycles. The summed E-state index contributed by atoms with van der Waals surface area (Å²) in [6.45, 7) is 25.7. The standard InChI is InChI=1S/C51H52N6/c1-26-21-28(3)52-42(26)23-44-30(5)48(34(9)54-44)38-13-17-40(18-14-38)50-32(7)46(56-36(50)11)25-47-33(8)51(37(12)57-47)41-19-15-39(16-20-41)49-31(6)45(55-35(49)10)24-43-27(2)22-29(4)53-43/h13-25,52,55-56H,1-12H3/b43-24-,44-23-,47-25+. The highest BCUT2D eigenvalue weighted by molar-refractivity contribution is 6.28. The van der Waals surface area contributed by atoms with Crippen molar-refractivity contribution >= 4 is 46.5 Å². The molecule has 2 aromatic carbocycles. The third kappa shape index (κ3) is 6.73. The van der Waals surface area contributed by atoms with Crippen molar-refractivity contribution in [3.63, 3.8) is 0 Å². The van der Waals surface area contributed by atoms with Gasteiger partial charge in [0.25, 0.3) is 0 Å². The minimum atomic E-state index is 0.994. The van der Waals surface area contributed by atoms with Crippen molar-refractivity contribution in [2.45, 2.75) is 83.1 Å². The van der Waals surface area contributed by atoms with E-state index >= 15 is 0 Å². The van der Waals surface area contributed by atoms with Crippen LogP contribution in [0.2, 0.25) is 0 Å². The van der Waals surface area contributed by atoms with E-state index in [2.05, 4.69) is 170 Å². The molecule has 286 valence electrons. The maximum absolute atomic E-state index is 5.09. The van der Waals surface area contributed by atoms with E-state index in [1.165, 1.54) is 77.9 Å². The molecule has 6 heterocycles. The van der Waals surface area contributed by atoms with Crippen LogP contribution in [0.4, 0.5) is 0 Å². The Morgan fingerprint density at radius 3 is 1.28 bits per heavy atom. The average Bonchev–Trinajstić information content (AvgIpc) is 3.95. The smallest absolute Gasteiger partial charge is 0.0689 e. The summed E-state index contributed by atoms with van der Waals surface area (Å²) in [5, 5.41) is 0. The van der Waals surface area contributed by atoms with Gasteiger partial charge in [0.2, 0.25) is 0 Å². The minimum Gasteiger partial charge on any atom is -0.359 e. The van der Waals surface area contributed by atoms with Crippen LogP contribution < -0.4 is 0 Å². The Labute approximate surface area is 337 Å². The topological polar surface area (TPSA) is 84.5 Å². The summed E-state index contributed by atoms with van der Waals surface area (Å²) < 4.78 is 0. The molecular weight excluding hydrogens is 697 g/mol. The monoisotopic (exact) mass is 748 g/mol. The number of H-pyrrole nitrogens is 3. The van der Waals surface area contributed by atoms with Crippen LogP contribution in [0.1, 0.15) is 104 Å². The fourth-order valence-electron chi connectivity index (χ4n) is 9.04. The minimum absolute atomic E-state index is 0.994. The van der Waals surface area contributed by atoms with Crippen molar-refractivity contribution in [3.05, 3.63) is 156 Å². The fraction of sp³-hybridized carbons (Fsp3) is 0.235. The molecule has 0 radical (unpaired) electrons. The lowest BCUT2D eigenvalue weighted by molar-refractivity contribution is 1.23. The number of aromatic nitrogens is 3. The van der Waals surface area contributed by atoms with Crippen LogP contribution in [-0.4, -0.2) is 32.1 Å². The molecule has 0 amide bonds. The molecule has 3 aromatic heterocycles. The molecule has 3 aliphatic rings. The third-order valence-electron chi connectivity index (χ3n) is 11.9. The molecule has 0 spiro atoms. The zero-order valence-electron chi connectivity index (χ0n) is 35.3. The number of hydrogen-bond donors (Lipinski definition) is 3. The van der Waals surface area contributed by atoms with Crippen molar-refractivity contribution < 1.29 is 0 Å². The predicted octanol–water partition coefficient (Wildman–Crippen LogP) is 13.2. The molecule has 0 saturated carbocycles. The van der Waals surface area contributed by atoms with Gasteiger partial charge in [0.1, 0.15) is 0 Å². The number of rotatable bonds is 7. The highest BCUT2D eigenvalue weighted by atomic mass is 14.8. The van der Waals surface area contributed by atoms with Crippen LogP contribution in [-0.2, 0) is 0 Å². The van der Waals surface area contributed by atoms with E-state index in [1.54, 1.807) is 0 Å². The zero-order valence-corrected chi connectivity index (χ0v) is 35.3. The Morgan fingerprint density at radius 2 is 0.877 bits per heavy atom. The van der Waals surface area contributed by atoms with E-state index in [4.69, 9.17) is 15.0 Å². The SMILES string of the molecule is CC1=CC(C)=N/C1=C\c1[nH]c(C)c(-c2ccc(C3=C(C)/C(=C\c4[nH]c(C)c(-c5ccc(C6=C(C)/C(=C/c7[nH]c(C)cc7C)N=C6C)cc5)c4C)N=C3C)cc2)c1C. The van der Waals surface area contributed by atoms with E-state index in [0.29, 0.717) is 0 Å². The normalized spacial score (nSPS) is 17.9. The van der Waals surface area contributed by atoms with Crippen molar-refractivity contribution in [2.24, 2.45) is 15.0 Å². The molecular formula is C51H52N6. The second-order valence-corrected chi connectivity index (χ2v) is 16.1. The molecule has 0 aliphatic carbocycles. The van der Waals surface area contributed by atoms with Crippen LogP contribution in [0.25, 0.3) is 51.6 Å². The Hall–Kier alpha value is -6.27. The van der Waals surface area contributed by atoms with Crippen LogP contribution in [0, 0.1) is 41.5 Å². The van der Waals surface area contributed by atoms with Crippen LogP contribution >= 0.6 is 0 Å². The van der Waals surface area contributed by atoms with E-state index in [1.807, 2.05) is 6.92 Å². The number of nitrogens with zero attached hydrogens (tertiary/aromatic N) is 3. The number of aromatic amines is 3. The molecule has 0 unspecified atom stereocenters. The quantitative estimate of drug-likeness (QED) is 0.148. The fourth-order valence-corrected chi connectivity index (χ4v) is 9.04. The number of aryl methyl sites for hydroxylation is 4. The number of hydrogen-bond acceptors (Lipinski definition) is 3. The molecule has 0 fully saturated rings. The summed E-state index contributed by atoms with van der Waals surface area (Å²) in [7, 11) is 0. The number of allylic oxidation sites excluding steroid dienone is 6. The molecule has 5 aromatic rings. The Morgan fingerprint density at radius 1 is 0.456 bits per heavy atom. The van der Waals surface area contributed by atoms with Gasteiger partial charge in [-0.2, -0.15) is 0 Å². The highest BCUT2D eigenvalue weighted by Crippen LogP contribution is 2.39. The predicted molar refractivity (Wildman–Crippen MR) is 244 cm³/mol. The molecule has 0 atom stereocenters. The van der Waals surface area contributed by atoms with Gasteiger partial charge in [-0.05, 0) is 169 Å². The van der Waals surface area contributed by atoms with Crippen molar-refractivity contribution in [1.82, 2.24) is 15.0 Å². The first-order chi connectivity index (χ1) is 27.2. The average molecular weight is 749 g/mol. The first-order valence-electron chi connectivity index (χ1n) is 19.9. The van der Waals surface area contributed by atoms with E-state index in [-0.39, 0.29) is 0 Å². The van der Waals surface area contributed by atoms with Gasteiger partial charge in [-0.1, -0.05) is 48.5 Å². The second kappa shape index (κ2) is 14.3. The molecule has 3 N–H and O–H groups in total. The maximum Gasteiger partial charge on any atom is 0.0689 e. The lowest BCUT2D eigenvalue weighted by atomic mass is 9.94. The summed E-state index contributed by atoms with van der Waals surface area (Å²) in [6, 6.07) is 20.1. The lowest BCUT2D eigenvalue weighted by Crippen LogP contribution is -1.94. The molecule has 8 rings (SSSR count). The molecule has 3 aliphatic heterocycles. The van der Waals surface area contributed by atoms with Crippen molar-refractivity contribution in [2.75, 3.05) is 0 Å². The Kier molecular flexibility index (Phi) is 9.47. The van der Waals surface area contributed by atoms with Gasteiger partial charge in [0.15, 0.2) is 0 Å². The summed E-state index contributed by atoms with van der Waals surface area (Å²) >= 11 is 0. The maximum atomic E-state index is 5.09. The first kappa shape index (κ1) is 37.6. The van der Waals surface area contributed by atoms with Gasteiger partial charge in [0, 0.05) is 73.6 Å². The largest absolute Gasteiger partial charge is 0.359 e. The number of nitrogens with one attached hydrogen (secondary N) is 3. The van der Waals surface area contributed by atoms with Gasteiger partial charge in [0.05, 0.1) is 17.1 Å². The third-order valence-corrected chi connectivity index (χ3v) is 11.9. The zero-order chi connectivity index (χ0) is 40.4. The van der Waals surface area contributed by atoms with Gasteiger partial charge >= 0.3 is 0 Å². The summed E-state index contributed by atoms with van der Waals surface area (Å²) in [5.41, 5.74) is 29.8. The highest BCUT2D eigenvalue weighted by Gasteiger charge is 2.23. The van der Waals surface area contributed by atoms with E-state index in [0.717, 1.165) is 68.4 Å². The number of aliphatic imine (C=N–C) groups is 3. The van der Waals surface area contributed by atoms with Crippen molar-refractivity contribution in [1.29, 1.82) is 0 Å². The van der Waals surface area contributed by atoms with Crippen LogP contribution in [0.5, 0.6) is 0 Å². The van der Waals surface area contributed by atoms with Gasteiger partial charge in [-0.15, -0.1) is 0 Å². The Bertz CT molecular complexity index is 2800. The van der Waals surface area contributed by atoms with E-state index < -0.39 is 0 Å². The van der Waals surface area contributed by atoms with Gasteiger partial charge in [-0.25, -0.2) is 0 Å². The van der Waals surface area contributed by atoms with Gasteiger partial charge in [-0.3, -0.25) is 15.0 Å². The molecule has 6 nitrogen and oxygen atoms in total. The van der Waals surface area contributed by atoms with Crippen molar-refractivity contribution in [3.8, 4) is 22.3 Å².